The van der Waals surface area contributed by atoms with E-state index in [2.05, 4.69) is 24.5 Å². The number of hydrogen-bond donors (Lipinski definition) is 2. The molecule has 0 spiro atoms. The second-order valence-electron chi connectivity index (χ2n) is 5.97. The Balaban J connectivity index is 2.74. The van der Waals surface area contributed by atoms with Gasteiger partial charge in [0, 0.05) is 24.5 Å². The predicted molar refractivity (Wildman–Crippen MR) is 86.0 cm³/mol. The Morgan fingerprint density at radius 2 is 1.71 bits per heavy atom. The Morgan fingerprint density at radius 1 is 1.19 bits per heavy atom. The van der Waals surface area contributed by atoms with Gasteiger partial charge in [0.05, 0.1) is 0 Å². The lowest BCUT2D eigenvalue weighted by Crippen LogP contribution is -2.43. The third kappa shape index (κ3) is 4.82. The Kier molecular flexibility index (Phi) is 5.53. The number of carbonyl (C=O) groups is 1. The summed E-state index contributed by atoms with van der Waals surface area (Å²) in [4.78, 5) is 12.1. The van der Waals surface area contributed by atoms with E-state index in [9.17, 15) is 13.2 Å². The van der Waals surface area contributed by atoms with Gasteiger partial charge in [0.25, 0.3) is 0 Å². The zero-order chi connectivity index (χ0) is 16.3. The third-order valence-electron chi connectivity index (χ3n) is 3.40. The molecule has 1 aromatic carbocycles. The SMILES string of the molecule is CC(C)NCc1ccc(NC(=O)C(C)(C)S(C)(=O)=O)cc1. The normalized spacial score (nSPS) is 12.5. The van der Waals surface area contributed by atoms with E-state index >= 15 is 0 Å². The van der Waals surface area contributed by atoms with Crippen molar-refractivity contribution in [1.29, 1.82) is 0 Å². The van der Waals surface area contributed by atoms with Gasteiger partial charge in [0.15, 0.2) is 9.84 Å². The molecule has 0 saturated carbocycles. The fraction of sp³-hybridized carbons (Fsp3) is 0.533. The highest BCUT2D eigenvalue weighted by Gasteiger charge is 2.38. The minimum Gasteiger partial charge on any atom is -0.325 e. The summed E-state index contributed by atoms with van der Waals surface area (Å²) in [5.41, 5.74) is 1.69. The fourth-order valence-corrected chi connectivity index (χ4v) is 1.87. The first kappa shape index (κ1) is 17.7. The van der Waals surface area contributed by atoms with Crippen LogP contribution in [0.4, 0.5) is 5.69 Å². The van der Waals surface area contributed by atoms with Crippen molar-refractivity contribution in [2.75, 3.05) is 11.6 Å². The molecule has 0 bridgehead atoms. The van der Waals surface area contributed by atoms with E-state index in [1.165, 1.54) is 13.8 Å². The van der Waals surface area contributed by atoms with Crippen molar-refractivity contribution in [3.63, 3.8) is 0 Å². The average molecular weight is 312 g/mol. The molecule has 6 heteroatoms. The number of anilines is 1. The Hall–Kier alpha value is -1.40. The van der Waals surface area contributed by atoms with E-state index in [4.69, 9.17) is 0 Å². The van der Waals surface area contributed by atoms with Crippen LogP contribution in [0.2, 0.25) is 0 Å². The van der Waals surface area contributed by atoms with Crippen LogP contribution in [0.3, 0.4) is 0 Å². The summed E-state index contributed by atoms with van der Waals surface area (Å²) in [7, 11) is -3.47. The van der Waals surface area contributed by atoms with Crippen molar-refractivity contribution in [3.05, 3.63) is 29.8 Å². The molecule has 2 N–H and O–H groups in total. The second-order valence-corrected chi connectivity index (χ2v) is 8.53. The van der Waals surface area contributed by atoms with E-state index < -0.39 is 20.5 Å². The third-order valence-corrected chi connectivity index (χ3v) is 5.44. The molecule has 1 rings (SSSR count). The molecule has 0 aliphatic rings. The summed E-state index contributed by atoms with van der Waals surface area (Å²) < 4.78 is 21.8. The summed E-state index contributed by atoms with van der Waals surface area (Å²) in [6, 6.07) is 7.75. The molecule has 1 amide bonds. The van der Waals surface area contributed by atoms with E-state index in [1.54, 1.807) is 12.1 Å². The molecule has 0 radical (unpaired) electrons. The largest absolute Gasteiger partial charge is 0.325 e. The van der Waals surface area contributed by atoms with Crippen LogP contribution in [-0.4, -0.2) is 31.4 Å². The summed E-state index contributed by atoms with van der Waals surface area (Å²) in [5.74, 6) is -0.530. The van der Waals surface area contributed by atoms with Crippen LogP contribution in [0.25, 0.3) is 0 Å². The molecule has 0 atom stereocenters. The lowest BCUT2D eigenvalue weighted by molar-refractivity contribution is -0.117. The fourth-order valence-electron chi connectivity index (χ4n) is 1.48. The molecule has 21 heavy (non-hydrogen) atoms. The molecular weight excluding hydrogens is 288 g/mol. The highest BCUT2D eigenvalue weighted by atomic mass is 32.2. The lowest BCUT2D eigenvalue weighted by atomic mass is 10.1. The highest BCUT2D eigenvalue weighted by Crippen LogP contribution is 2.19. The van der Waals surface area contributed by atoms with Crippen molar-refractivity contribution < 1.29 is 13.2 Å². The minimum absolute atomic E-state index is 0.403. The van der Waals surface area contributed by atoms with E-state index in [0.29, 0.717) is 11.7 Å². The molecule has 0 aliphatic carbocycles. The maximum Gasteiger partial charge on any atom is 0.245 e. The van der Waals surface area contributed by atoms with Crippen LogP contribution < -0.4 is 10.6 Å². The monoisotopic (exact) mass is 312 g/mol. The highest BCUT2D eigenvalue weighted by molar-refractivity contribution is 7.92. The van der Waals surface area contributed by atoms with Crippen molar-refractivity contribution >= 4 is 21.4 Å². The van der Waals surface area contributed by atoms with E-state index in [0.717, 1.165) is 18.4 Å². The quantitative estimate of drug-likeness (QED) is 0.842. The number of nitrogens with one attached hydrogen (secondary N) is 2. The smallest absolute Gasteiger partial charge is 0.245 e. The first-order valence-electron chi connectivity index (χ1n) is 6.87. The topological polar surface area (TPSA) is 75.3 Å². The van der Waals surface area contributed by atoms with Crippen LogP contribution in [0.15, 0.2) is 24.3 Å². The molecule has 0 aliphatic heterocycles. The Morgan fingerprint density at radius 3 is 2.14 bits per heavy atom. The van der Waals surface area contributed by atoms with Gasteiger partial charge in [-0.15, -0.1) is 0 Å². The summed E-state index contributed by atoms with van der Waals surface area (Å²) in [6.07, 6.45) is 1.06. The molecule has 0 aromatic heterocycles. The van der Waals surface area contributed by atoms with Crippen LogP contribution in [0.1, 0.15) is 33.3 Å². The zero-order valence-electron chi connectivity index (χ0n) is 13.2. The van der Waals surface area contributed by atoms with Crippen molar-refractivity contribution in [1.82, 2.24) is 5.32 Å². The molecule has 0 saturated heterocycles. The van der Waals surface area contributed by atoms with Gasteiger partial charge in [-0.3, -0.25) is 4.79 Å². The molecule has 5 nitrogen and oxygen atoms in total. The Bertz CT molecular complexity index is 590. The molecule has 0 heterocycles. The summed E-state index contributed by atoms with van der Waals surface area (Å²) in [5, 5.41) is 5.94. The molecular formula is C15H24N2O3S. The standard InChI is InChI=1S/C15H24N2O3S/c1-11(2)16-10-12-6-8-13(9-7-12)17-14(18)15(3,4)21(5,19)20/h6-9,11,16H,10H2,1-5H3,(H,17,18). The Labute approximate surface area is 127 Å². The van der Waals surface area contributed by atoms with Gasteiger partial charge in [-0.25, -0.2) is 8.42 Å². The van der Waals surface area contributed by atoms with Gasteiger partial charge in [0.1, 0.15) is 4.75 Å². The first-order valence-corrected chi connectivity index (χ1v) is 8.76. The van der Waals surface area contributed by atoms with Crippen LogP contribution >= 0.6 is 0 Å². The number of carbonyl (C=O) groups excluding carboxylic acids is 1. The zero-order valence-corrected chi connectivity index (χ0v) is 14.0. The maximum atomic E-state index is 12.1. The van der Waals surface area contributed by atoms with E-state index in [-0.39, 0.29) is 0 Å². The molecule has 0 unspecified atom stereocenters. The van der Waals surface area contributed by atoms with Crippen LogP contribution in [0.5, 0.6) is 0 Å². The van der Waals surface area contributed by atoms with Crippen molar-refractivity contribution in [2.45, 2.75) is 45.0 Å². The summed E-state index contributed by atoms with van der Waals surface area (Å²) >= 11 is 0. The van der Waals surface area contributed by atoms with Crippen molar-refractivity contribution in [2.24, 2.45) is 0 Å². The molecule has 0 fully saturated rings. The predicted octanol–water partition coefficient (Wildman–Crippen LogP) is 1.95. The van der Waals surface area contributed by atoms with Gasteiger partial charge >= 0.3 is 0 Å². The van der Waals surface area contributed by atoms with Crippen LogP contribution in [-0.2, 0) is 21.2 Å². The lowest BCUT2D eigenvalue weighted by Gasteiger charge is -2.21. The number of rotatable bonds is 6. The first-order chi connectivity index (χ1) is 9.54. The maximum absolute atomic E-state index is 12.1. The average Bonchev–Trinajstić information content (AvgIpc) is 2.36. The number of sulfone groups is 1. The van der Waals surface area contributed by atoms with Gasteiger partial charge in [-0.1, -0.05) is 26.0 Å². The number of hydrogen-bond acceptors (Lipinski definition) is 4. The van der Waals surface area contributed by atoms with Gasteiger partial charge in [-0.05, 0) is 31.5 Å². The number of benzene rings is 1. The second kappa shape index (κ2) is 6.58. The summed E-state index contributed by atoms with van der Waals surface area (Å²) in [6.45, 7) is 7.70. The molecule has 1 aromatic rings. The van der Waals surface area contributed by atoms with Gasteiger partial charge < -0.3 is 10.6 Å². The van der Waals surface area contributed by atoms with Crippen molar-refractivity contribution in [3.8, 4) is 0 Å². The molecule has 118 valence electrons. The van der Waals surface area contributed by atoms with Gasteiger partial charge in [-0.2, -0.15) is 0 Å². The van der Waals surface area contributed by atoms with E-state index in [1.807, 2.05) is 12.1 Å². The van der Waals surface area contributed by atoms with Crippen LogP contribution in [0, 0.1) is 0 Å². The van der Waals surface area contributed by atoms with Gasteiger partial charge in [0.2, 0.25) is 5.91 Å². The number of amides is 1. The minimum atomic E-state index is -3.47.